The number of hydrogen-bond donors (Lipinski definition) is 1. The van der Waals surface area contributed by atoms with Gasteiger partial charge >= 0.3 is 0 Å². The van der Waals surface area contributed by atoms with E-state index in [9.17, 15) is 8.42 Å². The molecule has 0 aliphatic rings. The minimum absolute atomic E-state index is 0.305. The van der Waals surface area contributed by atoms with Gasteiger partial charge in [0, 0.05) is 6.54 Å². The van der Waals surface area contributed by atoms with Crippen molar-refractivity contribution in [3.8, 4) is 0 Å². The molecule has 0 unspecified atom stereocenters. The van der Waals surface area contributed by atoms with E-state index in [2.05, 4.69) is 20.7 Å². The predicted molar refractivity (Wildman–Crippen MR) is 77.2 cm³/mol. The Hall–Kier alpha value is -0.690. The van der Waals surface area contributed by atoms with E-state index < -0.39 is 10.0 Å². The van der Waals surface area contributed by atoms with Crippen LogP contribution in [-0.4, -0.2) is 8.42 Å². The number of sulfonamides is 1. The Morgan fingerprint density at radius 1 is 1.28 bits per heavy atom. The third-order valence-electron chi connectivity index (χ3n) is 2.36. The van der Waals surface area contributed by atoms with Crippen molar-refractivity contribution in [2.24, 2.45) is 0 Å². The minimum Gasteiger partial charge on any atom is -0.206 e. The van der Waals surface area contributed by atoms with Crippen LogP contribution in [-0.2, 0) is 16.6 Å². The molecule has 0 bridgehead atoms. The Morgan fingerprint density at radius 2 is 2.06 bits per heavy atom. The first kappa shape index (κ1) is 13.7. The molecule has 96 valence electrons. The maximum absolute atomic E-state index is 12.0. The molecule has 6 heteroatoms. The second kappa shape index (κ2) is 5.52. The molecule has 0 saturated carbocycles. The molecule has 1 aromatic carbocycles. The molecule has 0 saturated heterocycles. The molecule has 0 fully saturated rings. The van der Waals surface area contributed by atoms with Crippen molar-refractivity contribution < 1.29 is 8.42 Å². The first-order chi connectivity index (χ1) is 8.47. The lowest BCUT2D eigenvalue weighted by Gasteiger charge is -2.05. The average Bonchev–Trinajstić information content (AvgIpc) is 2.74. The fourth-order valence-electron chi connectivity index (χ4n) is 1.51. The number of nitrogens with one attached hydrogen (secondary N) is 1. The van der Waals surface area contributed by atoms with Crippen LogP contribution in [0.2, 0.25) is 0 Å². The number of aryl methyl sites for hydroxylation is 1. The normalized spacial score (nSPS) is 11.7. The number of hydrogen-bond acceptors (Lipinski definition) is 3. The second-order valence-corrected chi connectivity index (χ2v) is 8.33. The van der Waals surface area contributed by atoms with Crippen LogP contribution in [0, 0.1) is 6.92 Å². The summed E-state index contributed by atoms with van der Waals surface area (Å²) in [6, 6.07) is 11.1. The van der Waals surface area contributed by atoms with Crippen LogP contribution in [0.1, 0.15) is 11.1 Å². The van der Waals surface area contributed by atoms with Gasteiger partial charge in [0.15, 0.2) is 0 Å². The topological polar surface area (TPSA) is 46.2 Å². The Labute approximate surface area is 119 Å². The van der Waals surface area contributed by atoms with Crippen molar-refractivity contribution in [3.63, 3.8) is 0 Å². The molecule has 0 amide bonds. The fraction of sp³-hybridized carbons (Fsp3) is 0.167. The van der Waals surface area contributed by atoms with Crippen LogP contribution in [0.5, 0.6) is 0 Å². The molecule has 2 rings (SSSR count). The summed E-state index contributed by atoms with van der Waals surface area (Å²) in [7, 11) is -3.41. The van der Waals surface area contributed by atoms with E-state index in [0.29, 0.717) is 10.8 Å². The van der Waals surface area contributed by atoms with Crippen molar-refractivity contribution in [1.82, 2.24) is 4.72 Å². The van der Waals surface area contributed by atoms with Crippen molar-refractivity contribution >= 4 is 37.3 Å². The first-order valence-corrected chi connectivity index (χ1v) is 8.37. The van der Waals surface area contributed by atoms with Gasteiger partial charge in [-0.05, 0) is 40.5 Å². The maximum Gasteiger partial charge on any atom is 0.250 e. The molecular weight excluding hydrogens is 334 g/mol. The zero-order chi connectivity index (χ0) is 13.2. The van der Waals surface area contributed by atoms with Gasteiger partial charge in [-0.25, -0.2) is 13.1 Å². The molecule has 18 heavy (non-hydrogen) atoms. The fourth-order valence-corrected chi connectivity index (χ4v) is 4.59. The van der Waals surface area contributed by atoms with Crippen LogP contribution < -0.4 is 4.72 Å². The smallest absolute Gasteiger partial charge is 0.206 e. The molecule has 0 atom stereocenters. The van der Waals surface area contributed by atoms with Gasteiger partial charge in [0.2, 0.25) is 10.0 Å². The van der Waals surface area contributed by atoms with Gasteiger partial charge in [-0.3, -0.25) is 0 Å². The summed E-state index contributed by atoms with van der Waals surface area (Å²) in [6.07, 6.45) is 0. The van der Waals surface area contributed by atoms with Gasteiger partial charge in [0.05, 0.1) is 3.79 Å². The van der Waals surface area contributed by atoms with E-state index in [1.165, 1.54) is 11.3 Å². The number of benzene rings is 1. The number of rotatable bonds is 4. The Bertz CT molecular complexity index is 650. The largest absolute Gasteiger partial charge is 0.250 e. The Balaban J connectivity index is 2.10. The zero-order valence-corrected chi connectivity index (χ0v) is 12.9. The van der Waals surface area contributed by atoms with Gasteiger partial charge in [0.25, 0.3) is 0 Å². The second-order valence-electron chi connectivity index (χ2n) is 3.87. The van der Waals surface area contributed by atoms with Crippen LogP contribution in [0.4, 0.5) is 0 Å². The maximum atomic E-state index is 12.0. The van der Waals surface area contributed by atoms with Crippen LogP contribution >= 0.6 is 27.3 Å². The van der Waals surface area contributed by atoms with Crippen molar-refractivity contribution in [2.45, 2.75) is 17.7 Å². The quantitative estimate of drug-likeness (QED) is 0.923. The molecule has 0 aliphatic heterocycles. The lowest BCUT2D eigenvalue weighted by molar-refractivity contribution is 0.583. The van der Waals surface area contributed by atoms with Crippen molar-refractivity contribution in [1.29, 1.82) is 0 Å². The molecule has 1 N–H and O–H groups in total. The summed E-state index contributed by atoms with van der Waals surface area (Å²) in [5.74, 6) is 0. The van der Waals surface area contributed by atoms with E-state index in [4.69, 9.17) is 0 Å². The number of halogens is 1. The molecule has 0 spiro atoms. The Kier molecular flexibility index (Phi) is 4.21. The highest BCUT2D eigenvalue weighted by Crippen LogP contribution is 2.25. The van der Waals surface area contributed by atoms with Crippen LogP contribution in [0.3, 0.4) is 0 Å². The molecule has 0 aliphatic carbocycles. The summed E-state index contributed by atoms with van der Waals surface area (Å²) in [4.78, 5) is 0. The monoisotopic (exact) mass is 345 g/mol. The molecule has 3 nitrogen and oxygen atoms in total. The van der Waals surface area contributed by atoms with Gasteiger partial charge in [-0.1, -0.05) is 29.8 Å². The van der Waals surface area contributed by atoms with Gasteiger partial charge in [-0.15, -0.1) is 11.3 Å². The summed E-state index contributed by atoms with van der Waals surface area (Å²) in [6.45, 7) is 2.29. The van der Waals surface area contributed by atoms with E-state index in [0.717, 1.165) is 14.9 Å². The minimum atomic E-state index is -3.41. The summed E-state index contributed by atoms with van der Waals surface area (Å²) < 4.78 is 27.7. The SMILES string of the molecule is Cc1cccc(CNS(=O)(=O)c2ccc(Br)s2)c1. The molecule has 1 heterocycles. The van der Waals surface area contributed by atoms with Crippen molar-refractivity contribution in [3.05, 3.63) is 51.3 Å². The highest BCUT2D eigenvalue weighted by atomic mass is 79.9. The van der Waals surface area contributed by atoms with Crippen LogP contribution in [0.15, 0.2) is 44.4 Å². The Morgan fingerprint density at radius 3 is 2.67 bits per heavy atom. The summed E-state index contributed by atoms with van der Waals surface area (Å²) >= 11 is 4.46. The molecule has 0 radical (unpaired) electrons. The van der Waals surface area contributed by atoms with E-state index in [1.54, 1.807) is 12.1 Å². The van der Waals surface area contributed by atoms with Gasteiger partial charge in [-0.2, -0.15) is 0 Å². The van der Waals surface area contributed by atoms with Crippen molar-refractivity contribution in [2.75, 3.05) is 0 Å². The lowest BCUT2D eigenvalue weighted by atomic mass is 10.1. The third-order valence-corrected chi connectivity index (χ3v) is 5.88. The first-order valence-electron chi connectivity index (χ1n) is 5.28. The lowest BCUT2D eigenvalue weighted by Crippen LogP contribution is -2.22. The third kappa shape index (κ3) is 3.41. The average molecular weight is 346 g/mol. The molecule has 1 aromatic heterocycles. The summed E-state index contributed by atoms with van der Waals surface area (Å²) in [5, 5.41) is 0. The van der Waals surface area contributed by atoms with E-state index in [1.807, 2.05) is 31.2 Å². The summed E-state index contributed by atoms with van der Waals surface area (Å²) in [5.41, 5.74) is 2.07. The van der Waals surface area contributed by atoms with Gasteiger partial charge in [0.1, 0.15) is 4.21 Å². The van der Waals surface area contributed by atoms with Gasteiger partial charge < -0.3 is 0 Å². The van der Waals surface area contributed by atoms with E-state index in [-0.39, 0.29) is 0 Å². The predicted octanol–water partition coefficient (Wildman–Crippen LogP) is 3.30. The highest BCUT2D eigenvalue weighted by Gasteiger charge is 2.15. The molecular formula is C12H12BrNO2S2. The standard InChI is InChI=1S/C12H12BrNO2S2/c1-9-3-2-4-10(7-9)8-14-18(15,16)12-6-5-11(13)17-12/h2-7,14H,8H2,1H3. The highest BCUT2D eigenvalue weighted by molar-refractivity contribution is 9.11. The zero-order valence-electron chi connectivity index (χ0n) is 9.68. The number of thiophene rings is 1. The van der Waals surface area contributed by atoms with E-state index >= 15 is 0 Å². The molecule has 2 aromatic rings. The van der Waals surface area contributed by atoms with Crippen LogP contribution in [0.25, 0.3) is 0 Å².